The van der Waals surface area contributed by atoms with Crippen molar-refractivity contribution in [3.05, 3.63) is 0 Å². The summed E-state index contributed by atoms with van der Waals surface area (Å²) in [6.07, 6.45) is 3.11. The van der Waals surface area contributed by atoms with E-state index in [1.165, 1.54) is 4.31 Å². The largest absolute Gasteiger partial charge is 0.316 e. The van der Waals surface area contributed by atoms with Gasteiger partial charge in [-0.15, -0.1) is 0 Å². The van der Waals surface area contributed by atoms with Crippen LogP contribution in [0.25, 0.3) is 0 Å². The van der Waals surface area contributed by atoms with Crippen molar-refractivity contribution in [2.45, 2.75) is 26.2 Å². The fraction of sp³-hybridized carbons (Fsp3) is 1.00. The molecule has 0 aliphatic carbocycles. The van der Waals surface area contributed by atoms with Crippen LogP contribution in [0.1, 0.15) is 26.2 Å². The van der Waals surface area contributed by atoms with Crippen LogP contribution in [0.15, 0.2) is 0 Å². The minimum Gasteiger partial charge on any atom is -0.316 e. The summed E-state index contributed by atoms with van der Waals surface area (Å²) in [6.45, 7) is 6.02. The summed E-state index contributed by atoms with van der Waals surface area (Å²) < 4.78 is 39.8. The summed E-state index contributed by atoms with van der Waals surface area (Å²) in [5.74, 6) is 1.34. The van der Waals surface area contributed by atoms with Gasteiger partial charge in [-0.05, 0) is 38.3 Å². The minimum atomic E-state index is -3.37. The Labute approximate surface area is 130 Å². The Kier molecular flexibility index (Phi) is 6.61. The van der Waals surface area contributed by atoms with Gasteiger partial charge in [0.25, 0.3) is 10.2 Å². The first-order valence-corrected chi connectivity index (χ1v) is 10.7. The minimum absolute atomic E-state index is 0.393. The molecule has 1 unspecified atom stereocenters. The number of rotatable bonds is 6. The summed E-state index contributed by atoms with van der Waals surface area (Å²) in [5.41, 5.74) is 0. The summed E-state index contributed by atoms with van der Waals surface area (Å²) in [6, 6.07) is 0. The third kappa shape index (κ3) is 4.72. The molecule has 0 aromatic heterocycles. The van der Waals surface area contributed by atoms with Crippen LogP contribution in [0.3, 0.4) is 0 Å². The molecule has 2 saturated heterocycles. The highest BCUT2D eigenvalue weighted by Gasteiger charge is 2.34. The maximum atomic E-state index is 12.7. The highest BCUT2D eigenvalue weighted by Crippen LogP contribution is 2.21. The Morgan fingerprint density at radius 3 is 2.57 bits per heavy atom. The van der Waals surface area contributed by atoms with E-state index >= 15 is 0 Å². The summed E-state index contributed by atoms with van der Waals surface area (Å²) in [7, 11) is -4.22. The molecule has 0 aromatic carbocycles. The van der Waals surface area contributed by atoms with E-state index in [-0.39, 0.29) is 0 Å². The lowest BCUT2D eigenvalue weighted by atomic mass is 10.00. The van der Waals surface area contributed by atoms with Crippen molar-refractivity contribution >= 4 is 21.0 Å². The molecule has 0 amide bonds. The number of nitrogens with one attached hydrogen (secondary N) is 1. The summed E-state index contributed by atoms with van der Waals surface area (Å²) in [5, 5.41) is 3.39. The van der Waals surface area contributed by atoms with Gasteiger partial charge in [-0.3, -0.25) is 4.21 Å². The molecule has 1 atom stereocenters. The van der Waals surface area contributed by atoms with Crippen LogP contribution < -0.4 is 5.32 Å². The Morgan fingerprint density at radius 2 is 1.90 bits per heavy atom. The molecule has 8 heteroatoms. The first-order chi connectivity index (χ1) is 10.0. The van der Waals surface area contributed by atoms with Gasteiger partial charge in [-0.1, -0.05) is 6.92 Å². The van der Waals surface area contributed by atoms with Crippen molar-refractivity contribution in [2.75, 3.05) is 50.8 Å². The number of piperidine rings is 1. The summed E-state index contributed by atoms with van der Waals surface area (Å²) in [4.78, 5) is 0. The Balaban J connectivity index is 1.91. The first-order valence-electron chi connectivity index (χ1n) is 7.85. The average molecular weight is 338 g/mol. The molecule has 2 aliphatic rings. The SMILES string of the molecule is CCCNCC1CCCN(S(=O)(=O)N2CCS(=O)CC2)C1. The predicted molar refractivity (Wildman–Crippen MR) is 85.8 cm³/mol. The molecule has 2 rings (SSSR count). The Bertz CT molecular complexity index is 446. The molecule has 0 spiro atoms. The second kappa shape index (κ2) is 8.01. The van der Waals surface area contributed by atoms with Crippen molar-refractivity contribution in [1.29, 1.82) is 0 Å². The number of hydrogen-bond acceptors (Lipinski definition) is 4. The van der Waals surface area contributed by atoms with Gasteiger partial charge in [0.2, 0.25) is 0 Å². The Morgan fingerprint density at radius 1 is 1.19 bits per heavy atom. The van der Waals surface area contributed by atoms with E-state index in [4.69, 9.17) is 0 Å². The molecule has 0 radical (unpaired) electrons. The molecule has 0 aromatic rings. The normalized spacial score (nSPS) is 27.0. The van der Waals surface area contributed by atoms with E-state index in [0.717, 1.165) is 32.4 Å². The standard InChI is InChI=1S/C13H27N3O3S2/c1-2-5-14-11-13-4-3-6-16(12-13)21(18,19)15-7-9-20(17)10-8-15/h13-14H,2-12H2,1H3. The molecular formula is C13H27N3O3S2. The molecule has 2 fully saturated rings. The third-order valence-electron chi connectivity index (χ3n) is 4.13. The van der Waals surface area contributed by atoms with Crippen molar-refractivity contribution in [1.82, 2.24) is 13.9 Å². The zero-order valence-corrected chi connectivity index (χ0v) is 14.4. The second-order valence-corrected chi connectivity index (χ2v) is 9.45. The lowest BCUT2D eigenvalue weighted by Gasteiger charge is -2.36. The van der Waals surface area contributed by atoms with Gasteiger partial charge in [0, 0.05) is 48.5 Å². The maximum Gasteiger partial charge on any atom is 0.282 e. The molecular weight excluding hydrogens is 310 g/mol. The van der Waals surface area contributed by atoms with Crippen LogP contribution in [-0.4, -0.2) is 72.0 Å². The number of nitrogens with zero attached hydrogens (tertiary/aromatic N) is 2. The van der Waals surface area contributed by atoms with E-state index in [1.807, 2.05) is 0 Å². The van der Waals surface area contributed by atoms with Gasteiger partial charge in [0.15, 0.2) is 0 Å². The van der Waals surface area contributed by atoms with Crippen LogP contribution in [0.5, 0.6) is 0 Å². The molecule has 2 heterocycles. The lowest BCUT2D eigenvalue weighted by molar-refractivity contribution is 0.244. The second-order valence-electron chi connectivity index (χ2n) is 5.83. The fourth-order valence-electron chi connectivity index (χ4n) is 2.90. The van der Waals surface area contributed by atoms with E-state index in [1.54, 1.807) is 4.31 Å². The quantitative estimate of drug-likeness (QED) is 0.693. The molecule has 2 aliphatic heterocycles. The predicted octanol–water partition coefficient (Wildman–Crippen LogP) is 0.00710. The van der Waals surface area contributed by atoms with Crippen molar-refractivity contribution in [3.63, 3.8) is 0 Å². The van der Waals surface area contributed by atoms with Crippen molar-refractivity contribution in [3.8, 4) is 0 Å². The maximum absolute atomic E-state index is 12.7. The van der Waals surface area contributed by atoms with E-state index in [2.05, 4.69) is 12.2 Å². The highest BCUT2D eigenvalue weighted by atomic mass is 32.2. The average Bonchev–Trinajstić information content (AvgIpc) is 2.48. The molecule has 0 saturated carbocycles. The smallest absolute Gasteiger partial charge is 0.282 e. The third-order valence-corrected chi connectivity index (χ3v) is 7.41. The lowest BCUT2D eigenvalue weighted by Crippen LogP contribution is -2.52. The van der Waals surface area contributed by atoms with Gasteiger partial charge in [0.05, 0.1) is 0 Å². The van der Waals surface area contributed by atoms with Gasteiger partial charge >= 0.3 is 0 Å². The topological polar surface area (TPSA) is 69.7 Å². The van der Waals surface area contributed by atoms with E-state index < -0.39 is 21.0 Å². The van der Waals surface area contributed by atoms with Crippen LogP contribution >= 0.6 is 0 Å². The van der Waals surface area contributed by atoms with Crippen LogP contribution in [0, 0.1) is 5.92 Å². The molecule has 1 N–H and O–H groups in total. The monoisotopic (exact) mass is 337 g/mol. The van der Waals surface area contributed by atoms with Crippen LogP contribution in [0.4, 0.5) is 0 Å². The van der Waals surface area contributed by atoms with Crippen molar-refractivity contribution < 1.29 is 12.6 Å². The van der Waals surface area contributed by atoms with Crippen molar-refractivity contribution in [2.24, 2.45) is 5.92 Å². The van der Waals surface area contributed by atoms with E-state index in [0.29, 0.717) is 43.6 Å². The van der Waals surface area contributed by atoms with E-state index in [9.17, 15) is 12.6 Å². The summed E-state index contributed by atoms with van der Waals surface area (Å²) >= 11 is 0. The molecule has 0 bridgehead atoms. The van der Waals surface area contributed by atoms with Crippen LogP contribution in [-0.2, 0) is 21.0 Å². The molecule has 6 nitrogen and oxygen atoms in total. The first kappa shape index (κ1) is 17.3. The Hall–Kier alpha value is -0.0200. The molecule has 21 heavy (non-hydrogen) atoms. The van der Waals surface area contributed by atoms with Gasteiger partial charge in [-0.2, -0.15) is 17.0 Å². The fourth-order valence-corrected chi connectivity index (χ4v) is 5.91. The molecule has 124 valence electrons. The highest BCUT2D eigenvalue weighted by molar-refractivity contribution is 7.87. The van der Waals surface area contributed by atoms with Gasteiger partial charge in [0.1, 0.15) is 0 Å². The van der Waals surface area contributed by atoms with Gasteiger partial charge < -0.3 is 5.32 Å². The zero-order valence-electron chi connectivity index (χ0n) is 12.8. The van der Waals surface area contributed by atoms with Gasteiger partial charge in [-0.25, -0.2) is 0 Å². The zero-order chi connectivity index (χ0) is 15.3. The number of hydrogen-bond donors (Lipinski definition) is 1. The van der Waals surface area contributed by atoms with Crippen LogP contribution in [0.2, 0.25) is 0 Å².